The SMILES string of the molecule is CCCCC/C=C\C/C=C\CCCCCCCCCC(CC(=O)NC(CO)C(O)CCCCCCCCCCCCCCCCCC)OC(=O)CCCCCCC/C=C/C=C/C=C/C=C/CCCCC. The zero-order chi connectivity index (χ0) is 50.9. The Hall–Kier alpha value is -2.70. The second kappa shape index (κ2) is 57.2. The summed E-state index contributed by atoms with van der Waals surface area (Å²) in [6.45, 7) is 6.44. The van der Waals surface area contributed by atoms with Crippen LogP contribution in [0, 0.1) is 0 Å². The summed E-state index contributed by atoms with van der Waals surface area (Å²) in [5.41, 5.74) is 0. The number of aliphatic hydroxyl groups is 2. The van der Waals surface area contributed by atoms with Gasteiger partial charge in [0.05, 0.1) is 25.2 Å². The van der Waals surface area contributed by atoms with E-state index in [4.69, 9.17) is 4.74 Å². The van der Waals surface area contributed by atoms with E-state index < -0.39 is 18.2 Å². The minimum atomic E-state index is -0.799. The van der Waals surface area contributed by atoms with Gasteiger partial charge in [0, 0.05) is 6.42 Å². The number of carbonyl (C=O) groups excluding carboxylic acids is 2. The molecule has 406 valence electrons. The van der Waals surface area contributed by atoms with Crippen LogP contribution in [0.1, 0.15) is 297 Å². The van der Waals surface area contributed by atoms with Crippen molar-refractivity contribution in [3.63, 3.8) is 0 Å². The van der Waals surface area contributed by atoms with Gasteiger partial charge in [0.2, 0.25) is 5.91 Å². The number of rotatable bonds is 54. The van der Waals surface area contributed by atoms with Gasteiger partial charge in [-0.25, -0.2) is 0 Å². The number of hydrogen-bond donors (Lipinski definition) is 3. The molecule has 3 atom stereocenters. The Bertz CT molecular complexity index is 1280. The van der Waals surface area contributed by atoms with Crippen LogP contribution in [0.3, 0.4) is 0 Å². The molecule has 70 heavy (non-hydrogen) atoms. The van der Waals surface area contributed by atoms with Crippen molar-refractivity contribution in [1.82, 2.24) is 5.32 Å². The summed E-state index contributed by atoms with van der Waals surface area (Å²) in [5, 5.41) is 23.9. The minimum Gasteiger partial charge on any atom is -0.462 e. The van der Waals surface area contributed by atoms with Crippen molar-refractivity contribution in [2.24, 2.45) is 0 Å². The van der Waals surface area contributed by atoms with E-state index in [1.54, 1.807) is 0 Å². The van der Waals surface area contributed by atoms with Gasteiger partial charge in [-0.15, -0.1) is 0 Å². The average molecular weight is 979 g/mol. The van der Waals surface area contributed by atoms with Gasteiger partial charge in [-0.05, 0) is 83.5 Å². The molecule has 0 aliphatic carbocycles. The predicted octanol–water partition coefficient (Wildman–Crippen LogP) is 18.9. The molecule has 0 fully saturated rings. The number of nitrogens with one attached hydrogen (secondary N) is 1. The number of esters is 1. The number of unbranched alkanes of at least 4 members (excludes halogenated alkanes) is 33. The van der Waals surface area contributed by atoms with Gasteiger partial charge >= 0.3 is 5.97 Å². The van der Waals surface area contributed by atoms with Crippen molar-refractivity contribution in [3.05, 3.63) is 72.9 Å². The molecule has 3 unspecified atom stereocenters. The van der Waals surface area contributed by atoms with Crippen LogP contribution in [0.2, 0.25) is 0 Å². The standard InChI is InChI=1S/C64H115NO5/c1-4-7-10-13-16-19-22-25-28-31-33-36-39-42-45-48-51-54-57-64(69)70-60(55-52-49-46-43-40-37-34-32-29-26-23-20-17-14-11-8-5-2)58-63(68)65-61(59-66)62(67)56-53-50-47-44-41-38-35-30-27-24-21-18-15-12-9-6-3/h16-17,19-20,22,25-26,28-29,31,33,36,60-62,66-67H,4-15,18,21,23-24,27,30,32,34-35,37-59H2,1-3H3,(H,65,68)/b19-16+,20-17-,25-22+,29-26-,31-28+,36-33+. The predicted molar refractivity (Wildman–Crippen MR) is 305 cm³/mol. The molecule has 0 aliphatic rings. The molecule has 6 nitrogen and oxygen atoms in total. The van der Waals surface area contributed by atoms with Crippen molar-refractivity contribution >= 4 is 11.9 Å². The second-order valence-corrected chi connectivity index (χ2v) is 20.5. The summed E-state index contributed by atoms with van der Waals surface area (Å²) >= 11 is 0. The van der Waals surface area contributed by atoms with Gasteiger partial charge in [0.25, 0.3) is 0 Å². The second-order valence-electron chi connectivity index (χ2n) is 20.5. The fraction of sp³-hybridized carbons (Fsp3) is 0.781. The maximum Gasteiger partial charge on any atom is 0.306 e. The molecule has 0 saturated carbocycles. The molecule has 0 aliphatic heterocycles. The Morgan fingerprint density at radius 2 is 0.786 bits per heavy atom. The molecule has 1 amide bonds. The van der Waals surface area contributed by atoms with Crippen molar-refractivity contribution in [2.45, 2.75) is 315 Å². The van der Waals surface area contributed by atoms with E-state index in [1.807, 2.05) is 0 Å². The van der Waals surface area contributed by atoms with Crippen molar-refractivity contribution < 1.29 is 24.5 Å². The highest BCUT2D eigenvalue weighted by molar-refractivity contribution is 5.77. The van der Waals surface area contributed by atoms with E-state index in [1.165, 1.54) is 154 Å². The van der Waals surface area contributed by atoms with Crippen LogP contribution in [-0.2, 0) is 14.3 Å². The number of carbonyl (C=O) groups is 2. The number of aliphatic hydroxyl groups excluding tert-OH is 2. The maximum absolute atomic E-state index is 13.3. The summed E-state index contributed by atoms with van der Waals surface area (Å²) in [7, 11) is 0. The van der Waals surface area contributed by atoms with Crippen LogP contribution in [0.15, 0.2) is 72.9 Å². The van der Waals surface area contributed by atoms with Crippen LogP contribution in [-0.4, -0.2) is 46.9 Å². The van der Waals surface area contributed by atoms with E-state index in [9.17, 15) is 19.8 Å². The molecule has 0 spiro atoms. The molecule has 0 aromatic carbocycles. The quantitative estimate of drug-likeness (QED) is 0.0244. The third-order valence-electron chi connectivity index (χ3n) is 13.6. The maximum atomic E-state index is 13.3. The lowest BCUT2D eigenvalue weighted by Crippen LogP contribution is -2.46. The monoisotopic (exact) mass is 978 g/mol. The minimum absolute atomic E-state index is 0.0609. The molecular weight excluding hydrogens is 863 g/mol. The number of ether oxygens (including phenoxy) is 1. The highest BCUT2D eigenvalue weighted by atomic mass is 16.5. The van der Waals surface area contributed by atoms with Crippen LogP contribution in [0.25, 0.3) is 0 Å². The first-order valence-electron chi connectivity index (χ1n) is 30.2. The Labute approximate surface area is 434 Å². The van der Waals surface area contributed by atoms with E-state index in [0.29, 0.717) is 19.3 Å². The molecule has 0 aromatic heterocycles. The Morgan fingerprint density at radius 3 is 1.24 bits per heavy atom. The van der Waals surface area contributed by atoms with E-state index in [0.717, 1.165) is 96.3 Å². The summed E-state index contributed by atoms with van der Waals surface area (Å²) in [6.07, 6.45) is 73.9. The van der Waals surface area contributed by atoms with E-state index >= 15 is 0 Å². The summed E-state index contributed by atoms with van der Waals surface area (Å²) in [5.74, 6) is -0.501. The van der Waals surface area contributed by atoms with Crippen LogP contribution < -0.4 is 5.32 Å². The van der Waals surface area contributed by atoms with E-state index in [-0.39, 0.29) is 24.9 Å². The molecule has 0 bridgehead atoms. The lowest BCUT2D eigenvalue weighted by molar-refractivity contribution is -0.151. The van der Waals surface area contributed by atoms with Crippen LogP contribution in [0.5, 0.6) is 0 Å². The Balaban J connectivity index is 4.62. The topological polar surface area (TPSA) is 95.9 Å². The van der Waals surface area contributed by atoms with E-state index in [2.05, 4.69) is 99.0 Å². The average Bonchev–Trinajstić information content (AvgIpc) is 3.35. The molecule has 6 heteroatoms. The zero-order valence-corrected chi connectivity index (χ0v) is 46.4. The first kappa shape index (κ1) is 67.3. The fourth-order valence-electron chi connectivity index (χ4n) is 9.00. The molecule has 0 aromatic rings. The fourth-order valence-corrected chi connectivity index (χ4v) is 9.00. The molecule has 0 radical (unpaired) electrons. The number of hydrogen-bond acceptors (Lipinski definition) is 5. The van der Waals surface area contributed by atoms with Crippen molar-refractivity contribution in [1.29, 1.82) is 0 Å². The van der Waals surface area contributed by atoms with Gasteiger partial charge in [0.15, 0.2) is 0 Å². The zero-order valence-electron chi connectivity index (χ0n) is 46.4. The van der Waals surface area contributed by atoms with Gasteiger partial charge in [-0.3, -0.25) is 9.59 Å². The smallest absolute Gasteiger partial charge is 0.306 e. The highest BCUT2D eigenvalue weighted by Gasteiger charge is 2.24. The molecular formula is C64H115NO5. The first-order valence-corrected chi connectivity index (χ1v) is 30.2. The largest absolute Gasteiger partial charge is 0.462 e. The van der Waals surface area contributed by atoms with Crippen molar-refractivity contribution in [2.75, 3.05) is 6.61 Å². The highest BCUT2D eigenvalue weighted by Crippen LogP contribution is 2.18. The molecule has 0 rings (SSSR count). The summed E-state index contributed by atoms with van der Waals surface area (Å²) in [6, 6.07) is -0.714. The van der Waals surface area contributed by atoms with Crippen molar-refractivity contribution in [3.8, 4) is 0 Å². The number of amides is 1. The Kier molecular flexibility index (Phi) is 55.0. The summed E-state index contributed by atoms with van der Waals surface area (Å²) in [4.78, 5) is 26.3. The van der Waals surface area contributed by atoms with Gasteiger partial charge in [-0.2, -0.15) is 0 Å². The van der Waals surface area contributed by atoms with Gasteiger partial charge in [-0.1, -0.05) is 273 Å². The first-order chi connectivity index (χ1) is 34.5. The van der Waals surface area contributed by atoms with Gasteiger partial charge < -0.3 is 20.3 Å². The van der Waals surface area contributed by atoms with Crippen LogP contribution >= 0.6 is 0 Å². The lowest BCUT2D eigenvalue weighted by Gasteiger charge is -2.24. The molecule has 0 saturated heterocycles. The third-order valence-corrected chi connectivity index (χ3v) is 13.6. The normalized spacial score (nSPS) is 13.6. The Morgan fingerprint density at radius 1 is 0.429 bits per heavy atom. The molecule has 0 heterocycles. The number of allylic oxidation sites excluding steroid dienone is 12. The molecule has 3 N–H and O–H groups in total. The lowest BCUT2D eigenvalue weighted by atomic mass is 10.0. The third kappa shape index (κ3) is 51.6. The van der Waals surface area contributed by atoms with Crippen LogP contribution in [0.4, 0.5) is 0 Å². The van der Waals surface area contributed by atoms with Gasteiger partial charge in [0.1, 0.15) is 6.10 Å². The summed E-state index contributed by atoms with van der Waals surface area (Å²) < 4.78 is 5.96.